The molecule has 0 N–H and O–H groups in total. The molecule has 0 spiro atoms. The first-order chi connectivity index (χ1) is 28.7. The van der Waals surface area contributed by atoms with Gasteiger partial charge in [0.2, 0.25) is 0 Å². The van der Waals surface area contributed by atoms with E-state index in [9.17, 15) is 0 Å². The summed E-state index contributed by atoms with van der Waals surface area (Å²) >= 11 is 0. The molecule has 2 aromatic carbocycles. The molecule has 0 amide bonds. The number of anilines is 1. The maximum atomic E-state index is 4.30. The molecule has 2 nitrogen and oxygen atoms in total. The molecule has 0 heterocycles. The van der Waals surface area contributed by atoms with E-state index in [4.69, 9.17) is 0 Å². The molecule has 2 heteroatoms. The minimum atomic E-state index is 0.852. The Morgan fingerprint density at radius 1 is 0.475 bits per heavy atom. The van der Waals surface area contributed by atoms with Crippen molar-refractivity contribution in [2.24, 2.45) is 0 Å². The van der Waals surface area contributed by atoms with Crippen LogP contribution in [0.4, 0.5) is 5.69 Å². The maximum absolute atomic E-state index is 4.30. The van der Waals surface area contributed by atoms with Crippen LogP contribution in [0.2, 0.25) is 0 Å². The van der Waals surface area contributed by atoms with Gasteiger partial charge in [0.15, 0.2) is 0 Å². The minimum Gasteiger partial charge on any atom is -0.315 e. The Labute approximate surface area is 357 Å². The van der Waals surface area contributed by atoms with Crippen molar-refractivity contribution in [3.8, 4) is 0 Å². The zero-order valence-electron chi connectivity index (χ0n) is 36.5. The van der Waals surface area contributed by atoms with Crippen molar-refractivity contribution in [3.63, 3.8) is 0 Å². The molecule has 0 aliphatic heterocycles. The van der Waals surface area contributed by atoms with E-state index in [0.29, 0.717) is 0 Å². The van der Waals surface area contributed by atoms with Crippen molar-refractivity contribution in [1.82, 2.24) is 4.90 Å². The fraction of sp³-hybridized carbons (Fsp3) is 0.123. The van der Waals surface area contributed by atoms with Crippen LogP contribution >= 0.6 is 0 Å². The maximum Gasteiger partial charge on any atom is 0.0462 e. The number of hydrogen-bond acceptors (Lipinski definition) is 2. The van der Waals surface area contributed by atoms with Gasteiger partial charge in [0.05, 0.1) is 0 Å². The van der Waals surface area contributed by atoms with E-state index in [1.807, 2.05) is 88.4 Å². The first kappa shape index (κ1) is 48.2. The van der Waals surface area contributed by atoms with Gasteiger partial charge >= 0.3 is 0 Å². The van der Waals surface area contributed by atoms with Crippen molar-refractivity contribution in [3.05, 3.63) is 284 Å². The molecule has 0 saturated carbocycles. The third-order valence-electron chi connectivity index (χ3n) is 9.07. The molecular formula is C57H64N2. The summed E-state index contributed by atoms with van der Waals surface area (Å²) in [5.74, 6) is 0. The summed E-state index contributed by atoms with van der Waals surface area (Å²) in [7, 11) is 0. The van der Waals surface area contributed by atoms with E-state index in [-0.39, 0.29) is 0 Å². The highest BCUT2D eigenvalue weighted by Gasteiger charge is 2.19. The van der Waals surface area contributed by atoms with E-state index in [1.54, 1.807) is 12.2 Å². The lowest BCUT2D eigenvalue weighted by atomic mass is 9.84. The SMILES string of the molecule is C=C/C=C\C(=C/C)N(/C(C)=C/C=C(\C=C)N(/C(C=C)=C/C=C(/C)C=C)c1ccc(C(=C(C(/C=C\C)=C/C=C)\c2ccccc2)/C(/C=C\C)=C/C)cc1)C(/C=C\C)=C/C=C. The van der Waals surface area contributed by atoms with Crippen LogP contribution in [0.25, 0.3) is 11.1 Å². The van der Waals surface area contributed by atoms with Gasteiger partial charge in [-0.1, -0.05) is 173 Å². The van der Waals surface area contributed by atoms with Gasteiger partial charge in [0, 0.05) is 34.2 Å². The first-order valence-electron chi connectivity index (χ1n) is 20.0. The van der Waals surface area contributed by atoms with Crippen molar-refractivity contribution in [1.29, 1.82) is 0 Å². The Morgan fingerprint density at radius 2 is 1.03 bits per heavy atom. The molecule has 0 unspecified atom stereocenters. The second-order valence-corrected chi connectivity index (χ2v) is 13.1. The topological polar surface area (TPSA) is 6.48 Å². The van der Waals surface area contributed by atoms with E-state index in [0.717, 1.165) is 73.2 Å². The molecular weight excluding hydrogens is 713 g/mol. The average molecular weight is 777 g/mol. The van der Waals surface area contributed by atoms with Crippen LogP contribution in [0, 0.1) is 0 Å². The van der Waals surface area contributed by atoms with Gasteiger partial charge in [0.1, 0.15) is 0 Å². The van der Waals surface area contributed by atoms with Gasteiger partial charge in [-0.2, -0.15) is 0 Å². The van der Waals surface area contributed by atoms with Crippen molar-refractivity contribution in [2.45, 2.75) is 48.5 Å². The van der Waals surface area contributed by atoms with E-state index in [1.165, 1.54) is 0 Å². The Hall–Kier alpha value is -6.90. The number of rotatable bonds is 22. The summed E-state index contributed by atoms with van der Waals surface area (Å²) in [6.07, 6.45) is 44.1. The lowest BCUT2D eigenvalue weighted by molar-refractivity contribution is 0.559. The second-order valence-electron chi connectivity index (χ2n) is 13.1. The minimum absolute atomic E-state index is 0.852. The van der Waals surface area contributed by atoms with Gasteiger partial charge in [-0.25, -0.2) is 0 Å². The summed E-state index contributed by atoms with van der Waals surface area (Å²) in [6.45, 7) is 38.8. The van der Waals surface area contributed by atoms with Crippen LogP contribution < -0.4 is 4.90 Å². The zero-order chi connectivity index (χ0) is 43.6. The molecule has 0 bridgehead atoms. The van der Waals surface area contributed by atoms with Gasteiger partial charge in [-0.05, 0) is 143 Å². The normalized spacial score (nSPS) is 14.6. The molecule has 0 saturated heterocycles. The fourth-order valence-corrected chi connectivity index (χ4v) is 6.32. The molecule has 0 aliphatic rings. The summed E-state index contributed by atoms with van der Waals surface area (Å²) in [4.78, 5) is 4.35. The van der Waals surface area contributed by atoms with Crippen LogP contribution in [0.5, 0.6) is 0 Å². The first-order valence-corrected chi connectivity index (χ1v) is 20.0. The highest BCUT2D eigenvalue weighted by Crippen LogP contribution is 2.39. The Balaban J connectivity index is 3.13. The molecule has 0 atom stereocenters. The molecule has 59 heavy (non-hydrogen) atoms. The summed E-state index contributed by atoms with van der Waals surface area (Å²) in [5.41, 5.74) is 13.2. The molecule has 0 aromatic heterocycles. The lowest BCUT2D eigenvalue weighted by Gasteiger charge is -2.29. The number of nitrogens with zero attached hydrogens (tertiary/aromatic N) is 2. The van der Waals surface area contributed by atoms with Crippen LogP contribution in [0.15, 0.2) is 273 Å². The number of hydrogen-bond donors (Lipinski definition) is 0. The quantitative estimate of drug-likeness (QED) is 0.0868. The van der Waals surface area contributed by atoms with E-state index in [2.05, 4.69) is 185 Å². The zero-order valence-corrected chi connectivity index (χ0v) is 36.5. The lowest BCUT2D eigenvalue weighted by Crippen LogP contribution is -2.20. The van der Waals surface area contributed by atoms with Crippen molar-refractivity contribution in [2.75, 3.05) is 4.90 Å². The Morgan fingerprint density at radius 3 is 1.54 bits per heavy atom. The summed E-state index contributed by atoms with van der Waals surface area (Å²) in [5, 5.41) is 0. The van der Waals surface area contributed by atoms with Gasteiger partial charge in [0.25, 0.3) is 0 Å². The summed E-state index contributed by atoms with van der Waals surface area (Å²) < 4.78 is 0. The fourth-order valence-electron chi connectivity index (χ4n) is 6.32. The molecule has 0 aliphatic carbocycles. The Kier molecular flexibility index (Phi) is 22.0. The standard InChI is InChI=1S/C57H64N2/c1-14-25-36-51(22-9)58(54(32-18-5)33-19-6)46(13)38-42-53(24-11)59(52(23-10)41-37-45(12)20-7)55-43-39-50(40-44-55)56(47(21-8)29-15-2)57(48(30-16-3)31-17-4)49-34-27-26-28-35-49/h14-44H,1,3,5,7,10-11H2,2,4,6,8-9,12-13H3/b29-15-,31-17-,33-19-,36-25-,45-37-,46-38+,47-21+,48-30+,51-22+,52-41+,53-42+,54-32+,57-56-. The molecule has 2 aromatic rings. The monoisotopic (exact) mass is 777 g/mol. The van der Waals surface area contributed by atoms with Gasteiger partial charge in [-0.15, -0.1) is 0 Å². The predicted molar refractivity (Wildman–Crippen MR) is 266 cm³/mol. The third kappa shape index (κ3) is 13.9. The second kappa shape index (κ2) is 26.9. The highest BCUT2D eigenvalue weighted by atomic mass is 15.2. The van der Waals surface area contributed by atoms with Crippen LogP contribution in [0.3, 0.4) is 0 Å². The Bertz CT molecular complexity index is 2200. The molecule has 0 radical (unpaired) electrons. The third-order valence-corrected chi connectivity index (χ3v) is 9.07. The average Bonchev–Trinajstić information content (AvgIpc) is 3.26. The van der Waals surface area contributed by atoms with E-state index < -0.39 is 0 Å². The highest BCUT2D eigenvalue weighted by molar-refractivity contribution is 6.06. The smallest absolute Gasteiger partial charge is 0.0462 e. The van der Waals surface area contributed by atoms with Crippen LogP contribution in [-0.2, 0) is 0 Å². The number of benzene rings is 2. The van der Waals surface area contributed by atoms with Crippen LogP contribution in [0.1, 0.15) is 59.6 Å². The molecule has 302 valence electrons. The molecule has 2 rings (SSSR count). The predicted octanol–water partition coefficient (Wildman–Crippen LogP) is 16.4. The molecule has 0 fully saturated rings. The largest absolute Gasteiger partial charge is 0.315 e. The van der Waals surface area contributed by atoms with Gasteiger partial charge < -0.3 is 9.80 Å². The van der Waals surface area contributed by atoms with E-state index >= 15 is 0 Å². The van der Waals surface area contributed by atoms with Crippen molar-refractivity contribution < 1.29 is 0 Å². The van der Waals surface area contributed by atoms with Crippen LogP contribution in [-0.4, -0.2) is 4.90 Å². The number of allylic oxidation sites excluding steroid dienone is 28. The van der Waals surface area contributed by atoms with Crippen molar-refractivity contribution >= 4 is 16.8 Å². The summed E-state index contributed by atoms with van der Waals surface area (Å²) in [6, 6.07) is 19.2. The van der Waals surface area contributed by atoms with Gasteiger partial charge in [-0.3, -0.25) is 0 Å².